The standard InChI is InChI=1S/C26H31N3O5/c1-4-14-27-24(32)17(2)15-20-22-25(33-18(3)10-8-9-13-21(30)31)28-16-29-26(22)34-23(20)19-11-6-5-7-12-19/h5-7,11-12,15-16,18H,4,8-10,13-14H2,1-3H3,(H,27,32)(H,30,31)/t18-/m1/s1. The van der Waals surface area contributed by atoms with Crippen LogP contribution in [0.25, 0.3) is 28.5 Å². The van der Waals surface area contributed by atoms with Gasteiger partial charge in [0.15, 0.2) is 0 Å². The Balaban J connectivity index is 1.99. The van der Waals surface area contributed by atoms with E-state index >= 15 is 0 Å². The molecular formula is C26H31N3O5. The summed E-state index contributed by atoms with van der Waals surface area (Å²) in [6.07, 6.45) is 5.98. The first-order chi connectivity index (χ1) is 16.4. The molecule has 3 rings (SSSR count). The van der Waals surface area contributed by atoms with Crippen molar-refractivity contribution in [1.82, 2.24) is 15.3 Å². The lowest BCUT2D eigenvalue weighted by atomic mass is 10.0. The number of rotatable bonds is 12. The van der Waals surface area contributed by atoms with Gasteiger partial charge < -0.3 is 19.6 Å². The molecule has 0 saturated heterocycles. The predicted octanol–water partition coefficient (Wildman–Crippen LogP) is 5.23. The van der Waals surface area contributed by atoms with E-state index in [9.17, 15) is 9.59 Å². The highest BCUT2D eigenvalue weighted by molar-refractivity contribution is 6.03. The van der Waals surface area contributed by atoms with Gasteiger partial charge in [0, 0.05) is 29.7 Å². The Bertz CT molecular complexity index is 1150. The Morgan fingerprint density at radius 2 is 1.97 bits per heavy atom. The lowest BCUT2D eigenvalue weighted by molar-refractivity contribution is -0.137. The summed E-state index contributed by atoms with van der Waals surface area (Å²) in [7, 11) is 0. The maximum Gasteiger partial charge on any atom is 0.303 e. The Morgan fingerprint density at radius 3 is 2.68 bits per heavy atom. The maximum atomic E-state index is 12.6. The molecule has 180 valence electrons. The second-order valence-corrected chi connectivity index (χ2v) is 8.22. The smallest absolute Gasteiger partial charge is 0.303 e. The van der Waals surface area contributed by atoms with Crippen LogP contribution in [0.3, 0.4) is 0 Å². The van der Waals surface area contributed by atoms with Gasteiger partial charge in [0.1, 0.15) is 17.5 Å². The lowest BCUT2D eigenvalue weighted by Crippen LogP contribution is -2.24. The van der Waals surface area contributed by atoms with Crippen molar-refractivity contribution in [3.8, 4) is 17.2 Å². The zero-order chi connectivity index (χ0) is 24.5. The highest BCUT2D eigenvalue weighted by atomic mass is 16.5. The van der Waals surface area contributed by atoms with Gasteiger partial charge in [0.25, 0.3) is 0 Å². The molecule has 0 aliphatic rings. The highest BCUT2D eigenvalue weighted by Gasteiger charge is 2.22. The van der Waals surface area contributed by atoms with E-state index in [1.165, 1.54) is 6.33 Å². The van der Waals surface area contributed by atoms with Crippen molar-refractivity contribution >= 4 is 29.1 Å². The number of aliphatic carboxylic acids is 1. The van der Waals surface area contributed by atoms with E-state index in [4.69, 9.17) is 14.3 Å². The van der Waals surface area contributed by atoms with E-state index < -0.39 is 5.97 Å². The van der Waals surface area contributed by atoms with E-state index in [0.717, 1.165) is 18.4 Å². The molecule has 8 heteroatoms. The average molecular weight is 466 g/mol. The number of hydrogen-bond acceptors (Lipinski definition) is 6. The number of nitrogens with one attached hydrogen (secondary N) is 1. The molecule has 0 aliphatic heterocycles. The van der Waals surface area contributed by atoms with Crippen LogP contribution < -0.4 is 10.1 Å². The van der Waals surface area contributed by atoms with E-state index in [1.54, 1.807) is 13.0 Å². The summed E-state index contributed by atoms with van der Waals surface area (Å²) in [5.41, 5.74) is 2.43. The SMILES string of the molecule is CCCNC(=O)C(C)=Cc1c(-c2ccccc2)oc2ncnc(O[C@H](C)CCCCC(=O)O)c12. The Labute approximate surface area is 199 Å². The van der Waals surface area contributed by atoms with Crippen LogP contribution in [0.1, 0.15) is 58.4 Å². The van der Waals surface area contributed by atoms with E-state index in [2.05, 4.69) is 15.3 Å². The van der Waals surface area contributed by atoms with Gasteiger partial charge in [0.2, 0.25) is 17.5 Å². The molecule has 0 spiro atoms. The van der Waals surface area contributed by atoms with Crippen LogP contribution in [0.2, 0.25) is 0 Å². The number of aromatic nitrogens is 2. The molecule has 1 aromatic carbocycles. The minimum absolute atomic E-state index is 0.140. The first-order valence-electron chi connectivity index (χ1n) is 11.6. The largest absolute Gasteiger partial charge is 0.481 e. The van der Waals surface area contributed by atoms with Gasteiger partial charge >= 0.3 is 5.97 Å². The Kier molecular flexibility index (Phi) is 8.79. The third-order valence-electron chi connectivity index (χ3n) is 5.35. The number of carboxylic acids is 1. The van der Waals surface area contributed by atoms with Crippen molar-refractivity contribution in [3.63, 3.8) is 0 Å². The molecule has 0 aliphatic carbocycles. The Morgan fingerprint density at radius 1 is 1.21 bits per heavy atom. The van der Waals surface area contributed by atoms with Gasteiger partial charge in [-0.2, -0.15) is 0 Å². The molecule has 2 N–H and O–H groups in total. The van der Waals surface area contributed by atoms with Gasteiger partial charge in [0.05, 0.1) is 6.10 Å². The molecule has 2 heterocycles. The molecule has 34 heavy (non-hydrogen) atoms. The normalized spacial score (nSPS) is 12.5. The number of ether oxygens (including phenoxy) is 1. The van der Waals surface area contributed by atoms with Gasteiger partial charge in [-0.1, -0.05) is 37.3 Å². The number of unbranched alkanes of at least 4 members (excludes halogenated alkanes) is 1. The Hall–Kier alpha value is -3.68. The molecule has 3 aromatic rings. The first-order valence-corrected chi connectivity index (χ1v) is 11.6. The fourth-order valence-electron chi connectivity index (χ4n) is 3.58. The van der Waals surface area contributed by atoms with Crippen LogP contribution in [0.5, 0.6) is 5.88 Å². The fourth-order valence-corrected chi connectivity index (χ4v) is 3.58. The summed E-state index contributed by atoms with van der Waals surface area (Å²) in [6.45, 7) is 6.28. The minimum atomic E-state index is -0.798. The zero-order valence-electron chi connectivity index (χ0n) is 19.8. The molecule has 1 amide bonds. The molecule has 2 aromatic heterocycles. The van der Waals surface area contributed by atoms with Crippen LogP contribution in [-0.2, 0) is 9.59 Å². The molecular weight excluding hydrogens is 434 g/mol. The average Bonchev–Trinajstić information content (AvgIpc) is 3.20. The van der Waals surface area contributed by atoms with Crippen molar-refractivity contribution in [3.05, 3.63) is 47.8 Å². The van der Waals surface area contributed by atoms with Crippen LogP contribution in [0.15, 0.2) is 46.6 Å². The van der Waals surface area contributed by atoms with E-state index in [-0.39, 0.29) is 18.4 Å². The van der Waals surface area contributed by atoms with Gasteiger partial charge in [-0.3, -0.25) is 9.59 Å². The summed E-state index contributed by atoms with van der Waals surface area (Å²) in [5, 5.41) is 12.3. The predicted molar refractivity (Wildman–Crippen MR) is 130 cm³/mol. The monoisotopic (exact) mass is 465 g/mol. The van der Waals surface area contributed by atoms with Gasteiger partial charge in [-0.15, -0.1) is 0 Å². The fraction of sp³-hybridized carbons (Fsp3) is 0.385. The van der Waals surface area contributed by atoms with Crippen molar-refractivity contribution in [1.29, 1.82) is 0 Å². The number of carbonyl (C=O) groups is 2. The number of nitrogens with zero attached hydrogens (tertiary/aromatic N) is 2. The molecule has 0 fully saturated rings. The summed E-state index contributed by atoms with van der Waals surface area (Å²) >= 11 is 0. The first kappa shape index (κ1) is 25.0. The quantitative estimate of drug-likeness (QED) is 0.278. The molecule has 0 bridgehead atoms. The van der Waals surface area contributed by atoms with Crippen molar-refractivity contribution in [2.24, 2.45) is 0 Å². The summed E-state index contributed by atoms with van der Waals surface area (Å²) in [6, 6.07) is 9.62. The van der Waals surface area contributed by atoms with E-state index in [1.807, 2.05) is 44.2 Å². The maximum absolute atomic E-state index is 12.6. The van der Waals surface area contributed by atoms with Gasteiger partial charge in [-0.25, -0.2) is 9.97 Å². The second-order valence-electron chi connectivity index (χ2n) is 8.22. The summed E-state index contributed by atoms with van der Waals surface area (Å²) < 4.78 is 12.3. The number of benzene rings is 1. The molecule has 0 radical (unpaired) electrons. The van der Waals surface area contributed by atoms with Crippen LogP contribution in [-0.4, -0.2) is 39.6 Å². The summed E-state index contributed by atoms with van der Waals surface area (Å²) in [4.78, 5) is 32.0. The molecule has 8 nitrogen and oxygen atoms in total. The second kappa shape index (κ2) is 12.0. The zero-order valence-corrected chi connectivity index (χ0v) is 19.8. The number of furan rings is 1. The van der Waals surface area contributed by atoms with Crippen molar-refractivity contribution in [2.75, 3.05) is 6.54 Å². The minimum Gasteiger partial charge on any atom is -0.481 e. The highest BCUT2D eigenvalue weighted by Crippen LogP contribution is 2.38. The lowest BCUT2D eigenvalue weighted by Gasteiger charge is -2.14. The molecule has 0 unspecified atom stereocenters. The van der Waals surface area contributed by atoms with Crippen LogP contribution in [0.4, 0.5) is 0 Å². The van der Waals surface area contributed by atoms with E-state index in [0.29, 0.717) is 53.3 Å². The number of carboxylic acid groups (broad SMARTS) is 1. The van der Waals surface area contributed by atoms with Gasteiger partial charge in [-0.05, 0) is 45.6 Å². The third kappa shape index (κ3) is 6.43. The number of fused-ring (bicyclic) bond motifs is 1. The third-order valence-corrected chi connectivity index (χ3v) is 5.35. The van der Waals surface area contributed by atoms with Crippen molar-refractivity contribution in [2.45, 2.75) is 59.0 Å². The van der Waals surface area contributed by atoms with Crippen molar-refractivity contribution < 1.29 is 23.8 Å². The van der Waals surface area contributed by atoms with Crippen LogP contribution in [0, 0.1) is 0 Å². The summed E-state index contributed by atoms with van der Waals surface area (Å²) in [5.74, 6) is 0.00130. The number of hydrogen-bond donors (Lipinski definition) is 2. The number of carbonyl (C=O) groups excluding carboxylic acids is 1. The van der Waals surface area contributed by atoms with Crippen LogP contribution >= 0.6 is 0 Å². The molecule has 0 saturated carbocycles. The molecule has 1 atom stereocenters. The topological polar surface area (TPSA) is 115 Å². The number of amides is 1.